The number of hydrogen-bond donors (Lipinski definition) is 0. The van der Waals surface area contributed by atoms with Gasteiger partial charge in [0, 0.05) is 7.05 Å². The highest BCUT2D eigenvalue weighted by molar-refractivity contribution is 5.82. The van der Waals surface area contributed by atoms with Crippen LogP contribution in [0.5, 0.6) is 5.75 Å². The van der Waals surface area contributed by atoms with Crippen molar-refractivity contribution in [2.45, 2.75) is 13.8 Å². The number of amides is 1. The fourth-order valence-electron chi connectivity index (χ4n) is 1.45. The van der Waals surface area contributed by atoms with Crippen LogP contribution in [0.3, 0.4) is 0 Å². The Labute approximate surface area is 113 Å². The van der Waals surface area contributed by atoms with Gasteiger partial charge in [-0.05, 0) is 31.5 Å². The van der Waals surface area contributed by atoms with Crippen LogP contribution in [-0.4, -0.2) is 43.6 Å². The Bertz CT molecular complexity index is 445. The van der Waals surface area contributed by atoms with Gasteiger partial charge in [0.15, 0.2) is 6.61 Å². The highest BCUT2D eigenvalue weighted by Crippen LogP contribution is 2.12. The summed E-state index contributed by atoms with van der Waals surface area (Å²) in [5, 5.41) is 0. The first-order chi connectivity index (χ1) is 9.02. The second-order valence-electron chi connectivity index (χ2n) is 4.16. The molecule has 0 fully saturated rings. The topological polar surface area (TPSA) is 55.8 Å². The van der Waals surface area contributed by atoms with Gasteiger partial charge in [-0.15, -0.1) is 0 Å². The first kappa shape index (κ1) is 15.0. The predicted molar refractivity (Wildman–Crippen MR) is 70.9 cm³/mol. The molecule has 0 heterocycles. The van der Waals surface area contributed by atoms with Crippen LogP contribution < -0.4 is 4.74 Å². The van der Waals surface area contributed by atoms with Crippen molar-refractivity contribution in [1.82, 2.24) is 4.90 Å². The fourth-order valence-corrected chi connectivity index (χ4v) is 1.45. The van der Waals surface area contributed by atoms with Crippen LogP contribution in [0.15, 0.2) is 24.3 Å². The van der Waals surface area contributed by atoms with Gasteiger partial charge in [-0.1, -0.05) is 12.1 Å². The van der Waals surface area contributed by atoms with Gasteiger partial charge in [-0.3, -0.25) is 9.59 Å². The van der Waals surface area contributed by atoms with Crippen molar-refractivity contribution in [2.75, 3.05) is 26.8 Å². The number of likely N-dealkylation sites (N-methyl/N-ethyl adjacent to an activating group) is 1. The number of ether oxygens (including phenoxy) is 2. The third kappa shape index (κ3) is 5.42. The molecule has 0 aliphatic carbocycles. The van der Waals surface area contributed by atoms with Crippen LogP contribution in [0.25, 0.3) is 0 Å². The summed E-state index contributed by atoms with van der Waals surface area (Å²) >= 11 is 0. The van der Waals surface area contributed by atoms with Crippen molar-refractivity contribution in [2.24, 2.45) is 0 Å². The van der Waals surface area contributed by atoms with Crippen molar-refractivity contribution < 1.29 is 19.1 Å². The van der Waals surface area contributed by atoms with Gasteiger partial charge in [0.1, 0.15) is 12.3 Å². The van der Waals surface area contributed by atoms with Gasteiger partial charge < -0.3 is 14.4 Å². The first-order valence-corrected chi connectivity index (χ1v) is 6.12. The Morgan fingerprint density at radius 1 is 1.32 bits per heavy atom. The molecule has 0 N–H and O–H groups in total. The van der Waals surface area contributed by atoms with E-state index in [1.807, 2.05) is 25.1 Å². The van der Waals surface area contributed by atoms with Crippen LogP contribution in [0.1, 0.15) is 12.5 Å². The highest BCUT2D eigenvalue weighted by atomic mass is 16.5. The molecule has 0 atom stereocenters. The molecule has 0 unspecified atom stereocenters. The maximum atomic E-state index is 11.7. The van der Waals surface area contributed by atoms with Gasteiger partial charge in [0.25, 0.3) is 5.91 Å². The van der Waals surface area contributed by atoms with Crippen LogP contribution in [0.4, 0.5) is 0 Å². The molecule has 19 heavy (non-hydrogen) atoms. The third-order valence-corrected chi connectivity index (χ3v) is 2.45. The van der Waals surface area contributed by atoms with E-state index in [4.69, 9.17) is 9.47 Å². The summed E-state index contributed by atoms with van der Waals surface area (Å²) in [4.78, 5) is 24.2. The molecule has 0 aromatic heterocycles. The van der Waals surface area contributed by atoms with Crippen molar-refractivity contribution >= 4 is 11.9 Å². The predicted octanol–water partition coefficient (Wildman–Crippen LogP) is 1.40. The lowest BCUT2D eigenvalue weighted by atomic mass is 10.2. The second kappa shape index (κ2) is 7.41. The Balaban J connectivity index is 2.40. The molecule has 0 saturated carbocycles. The minimum atomic E-state index is -0.422. The van der Waals surface area contributed by atoms with Crippen molar-refractivity contribution in [3.05, 3.63) is 29.8 Å². The van der Waals surface area contributed by atoms with E-state index in [1.165, 1.54) is 4.90 Å². The Morgan fingerprint density at radius 2 is 2.05 bits per heavy atom. The molecule has 1 rings (SSSR count). The second-order valence-corrected chi connectivity index (χ2v) is 4.16. The number of esters is 1. The maximum absolute atomic E-state index is 11.7. The van der Waals surface area contributed by atoms with Gasteiger partial charge in [0.2, 0.25) is 0 Å². The third-order valence-electron chi connectivity index (χ3n) is 2.45. The van der Waals surface area contributed by atoms with E-state index >= 15 is 0 Å². The van der Waals surface area contributed by atoms with Gasteiger partial charge >= 0.3 is 5.97 Å². The molecule has 0 bridgehead atoms. The average molecular weight is 265 g/mol. The summed E-state index contributed by atoms with van der Waals surface area (Å²) < 4.78 is 10.1. The largest absolute Gasteiger partial charge is 0.484 e. The minimum Gasteiger partial charge on any atom is -0.484 e. The van der Waals surface area contributed by atoms with Crippen LogP contribution >= 0.6 is 0 Å². The first-order valence-electron chi connectivity index (χ1n) is 6.12. The summed E-state index contributed by atoms with van der Waals surface area (Å²) in [6.07, 6.45) is 0. The lowest BCUT2D eigenvalue weighted by Gasteiger charge is -2.16. The molecule has 0 radical (unpaired) electrons. The van der Waals surface area contributed by atoms with Gasteiger partial charge in [-0.25, -0.2) is 0 Å². The van der Waals surface area contributed by atoms with Crippen LogP contribution in [0, 0.1) is 6.92 Å². The summed E-state index contributed by atoms with van der Waals surface area (Å²) in [6.45, 7) is 3.81. The van der Waals surface area contributed by atoms with Crippen LogP contribution in [-0.2, 0) is 14.3 Å². The number of benzene rings is 1. The van der Waals surface area contributed by atoms with E-state index in [1.54, 1.807) is 20.0 Å². The molecular formula is C14H19NO4. The molecule has 1 aromatic rings. The molecule has 0 aliphatic rings. The fraction of sp³-hybridized carbons (Fsp3) is 0.429. The molecule has 0 aliphatic heterocycles. The number of hydrogen-bond acceptors (Lipinski definition) is 4. The number of carbonyl (C=O) groups excluding carboxylic acids is 2. The molecule has 1 amide bonds. The van der Waals surface area contributed by atoms with Crippen molar-refractivity contribution in [1.29, 1.82) is 0 Å². The van der Waals surface area contributed by atoms with E-state index in [-0.39, 0.29) is 19.1 Å². The Kier molecular flexibility index (Phi) is 5.85. The summed E-state index contributed by atoms with van der Waals surface area (Å²) in [7, 11) is 1.54. The monoisotopic (exact) mass is 265 g/mol. The van der Waals surface area contributed by atoms with Crippen LogP contribution in [0.2, 0.25) is 0 Å². The number of aryl methyl sites for hydroxylation is 1. The lowest BCUT2D eigenvalue weighted by molar-refractivity contribution is -0.148. The molecular weight excluding hydrogens is 246 g/mol. The summed E-state index contributed by atoms with van der Waals surface area (Å²) in [5.74, 6) is -0.0543. The number of carbonyl (C=O) groups is 2. The van der Waals surface area contributed by atoms with Crippen molar-refractivity contribution in [3.63, 3.8) is 0 Å². The standard InChI is InChI=1S/C14H19NO4/c1-4-18-14(17)9-15(3)13(16)10-19-12-7-5-6-11(2)8-12/h5-8H,4,9-10H2,1-3H3. The number of rotatable bonds is 6. The van der Waals surface area contributed by atoms with E-state index in [0.717, 1.165) is 5.56 Å². The summed E-state index contributed by atoms with van der Waals surface area (Å²) in [6, 6.07) is 7.43. The normalized spacial score (nSPS) is 9.84. The minimum absolute atomic E-state index is 0.0656. The SMILES string of the molecule is CCOC(=O)CN(C)C(=O)COc1cccc(C)c1. The molecule has 0 spiro atoms. The van der Waals surface area contributed by atoms with Gasteiger partial charge in [0.05, 0.1) is 6.61 Å². The highest BCUT2D eigenvalue weighted by Gasteiger charge is 2.14. The Morgan fingerprint density at radius 3 is 2.68 bits per heavy atom. The smallest absolute Gasteiger partial charge is 0.325 e. The zero-order valence-electron chi connectivity index (χ0n) is 11.5. The zero-order chi connectivity index (χ0) is 14.3. The zero-order valence-corrected chi connectivity index (χ0v) is 11.5. The summed E-state index contributed by atoms with van der Waals surface area (Å²) in [5.41, 5.74) is 1.06. The maximum Gasteiger partial charge on any atom is 0.325 e. The lowest BCUT2D eigenvalue weighted by Crippen LogP contribution is -2.36. The van der Waals surface area contributed by atoms with Gasteiger partial charge in [-0.2, -0.15) is 0 Å². The molecule has 5 heteroatoms. The molecule has 1 aromatic carbocycles. The van der Waals surface area contributed by atoms with E-state index in [0.29, 0.717) is 12.4 Å². The van der Waals surface area contributed by atoms with E-state index in [9.17, 15) is 9.59 Å². The molecule has 0 saturated heterocycles. The van der Waals surface area contributed by atoms with E-state index in [2.05, 4.69) is 0 Å². The number of nitrogens with zero attached hydrogens (tertiary/aromatic N) is 1. The quantitative estimate of drug-likeness (QED) is 0.729. The Hall–Kier alpha value is -2.04. The molecule has 5 nitrogen and oxygen atoms in total. The average Bonchev–Trinajstić information content (AvgIpc) is 2.36. The van der Waals surface area contributed by atoms with Crippen molar-refractivity contribution in [3.8, 4) is 5.75 Å². The van der Waals surface area contributed by atoms with E-state index < -0.39 is 5.97 Å². The molecule has 104 valence electrons.